The number of carbonyl (C=O) groups excluding carboxylic acids is 4. The van der Waals surface area contributed by atoms with Gasteiger partial charge < -0.3 is 82.9 Å². The highest BCUT2D eigenvalue weighted by Gasteiger charge is 2.51. The summed E-state index contributed by atoms with van der Waals surface area (Å²) in [4.78, 5) is 78.4. The van der Waals surface area contributed by atoms with Gasteiger partial charge >= 0.3 is 18.0 Å². The lowest BCUT2D eigenvalue weighted by atomic mass is 9.85. The molecule has 5 aliphatic rings. The summed E-state index contributed by atoms with van der Waals surface area (Å²) in [5, 5.41) is 70.9. The Bertz CT molecular complexity index is 3670. The predicted octanol–water partition coefficient (Wildman–Crippen LogP) is 4.38. The van der Waals surface area contributed by atoms with Gasteiger partial charge in [-0.05, 0) is 106 Å². The lowest BCUT2D eigenvalue weighted by Crippen LogP contribution is -2.60. The van der Waals surface area contributed by atoms with Crippen molar-refractivity contribution in [2.45, 2.75) is 147 Å². The molecule has 3 aromatic carbocycles. The molecule has 8 heterocycles. The molecule has 1 unspecified atom stereocenters. The number of fused-ring (bicyclic) bond motifs is 5. The van der Waals surface area contributed by atoms with E-state index in [1.165, 1.54) is 43.5 Å². The fraction of sp³-hybridized carbons (Fsp3) is 0.508. The molecule has 0 spiro atoms. The Morgan fingerprint density at radius 2 is 1.56 bits per heavy atom. The lowest BCUT2D eigenvalue weighted by Gasteiger charge is -2.39. The van der Waals surface area contributed by atoms with Crippen LogP contribution in [0.3, 0.4) is 0 Å². The molecular formula is C65H77N7O19. The SMILES string of the molecule is CCc1c2c(nc3ccc(OC(=O)N4CCC(N5CCCCC5)CC4)cc13)-c1cc3c(c(=O)n1C2)COC(=O)[C@@]3(CC)OC(=O)CCc1cn(CCOCCOCCOc2cc(O)c(C(=O)CCc3ccc(O)cc3)c(O[C@@H]3O[C@H](CO)[C@@H](O)C(O)[C@H]3O)c2)nn1. The quantitative estimate of drug-likeness (QED) is 0.0263. The minimum Gasteiger partial charge on any atom is -0.508 e. The number of rotatable bonds is 25. The number of amides is 1. The van der Waals surface area contributed by atoms with Gasteiger partial charge in [0.2, 0.25) is 11.9 Å². The number of carbonyl (C=O) groups is 4. The molecule has 0 aliphatic carbocycles. The van der Waals surface area contributed by atoms with Crippen LogP contribution in [-0.2, 0) is 77.8 Å². The number of piperidine rings is 2. The summed E-state index contributed by atoms with van der Waals surface area (Å²) < 4.78 is 49.4. The highest BCUT2D eigenvalue weighted by molar-refractivity contribution is 6.01. The van der Waals surface area contributed by atoms with Crippen LogP contribution in [-0.4, -0.2) is 191 Å². The van der Waals surface area contributed by atoms with E-state index in [4.69, 9.17) is 42.9 Å². The highest BCUT2D eigenvalue weighted by atomic mass is 16.7. The van der Waals surface area contributed by atoms with Crippen molar-refractivity contribution < 1.29 is 87.7 Å². The highest BCUT2D eigenvalue weighted by Crippen LogP contribution is 2.43. The Morgan fingerprint density at radius 3 is 2.31 bits per heavy atom. The first-order valence-corrected chi connectivity index (χ1v) is 31.2. The van der Waals surface area contributed by atoms with E-state index in [2.05, 4.69) is 15.2 Å². The first-order chi connectivity index (χ1) is 44.1. The van der Waals surface area contributed by atoms with Crippen LogP contribution in [0.1, 0.15) is 109 Å². The van der Waals surface area contributed by atoms with Crippen molar-refractivity contribution >= 4 is 34.7 Å². The van der Waals surface area contributed by atoms with E-state index in [-0.39, 0.29) is 124 Å². The molecule has 1 amide bonds. The van der Waals surface area contributed by atoms with Crippen LogP contribution in [0.15, 0.2) is 71.7 Å². The van der Waals surface area contributed by atoms with Crippen molar-refractivity contribution in [3.05, 3.63) is 116 Å². The molecule has 91 heavy (non-hydrogen) atoms. The van der Waals surface area contributed by atoms with E-state index >= 15 is 0 Å². The molecule has 11 rings (SSSR count). The van der Waals surface area contributed by atoms with E-state index in [9.17, 15) is 54.6 Å². The number of ketones is 1. The number of benzene rings is 3. The molecular weight excluding hydrogens is 1180 g/mol. The fourth-order valence-corrected chi connectivity index (χ4v) is 12.7. The number of aliphatic hydroxyl groups is 4. The second kappa shape index (κ2) is 28.6. The van der Waals surface area contributed by atoms with Gasteiger partial charge in [-0.3, -0.25) is 14.4 Å². The zero-order valence-electron chi connectivity index (χ0n) is 50.9. The van der Waals surface area contributed by atoms with Crippen LogP contribution in [0.2, 0.25) is 0 Å². The van der Waals surface area contributed by atoms with E-state index in [0.29, 0.717) is 60.4 Å². The molecule has 3 fully saturated rings. The molecule has 6 N–H and O–H groups in total. The van der Waals surface area contributed by atoms with Crippen LogP contribution in [0.4, 0.5) is 4.79 Å². The molecule has 5 aliphatic heterocycles. The third-order valence-electron chi connectivity index (χ3n) is 17.7. The zero-order valence-corrected chi connectivity index (χ0v) is 50.9. The van der Waals surface area contributed by atoms with Crippen molar-refractivity contribution in [2.24, 2.45) is 0 Å². The molecule has 0 bridgehead atoms. The van der Waals surface area contributed by atoms with Crippen LogP contribution < -0.4 is 19.8 Å². The first-order valence-electron chi connectivity index (χ1n) is 31.2. The average molecular weight is 1260 g/mol. The number of aromatic hydroxyl groups is 2. The van der Waals surface area contributed by atoms with E-state index in [1.807, 2.05) is 19.1 Å². The third-order valence-corrected chi connectivity index (χ3v) is 17.7. The number of phenols is 2. The summed E-state index contributed by atoms with van der Waals surface area (Å²) in [5.74, 6) is -2.29. The average Bonchev–Trinajstić information content (AvgIpc) is 1.66. The van der Waals surface area contributed by atoms with Crippen LogP contribution in [0.25, 0.3) is 22.3 Å². The number of cyclic esters (lactones) is 1. The molecule has 0 saturated carbocycles. The summed E-state index contributed by atoms with van der Waals surface area (Å²) >= 11 is 0. The number of aliphatic hydroxyl groups excluding tert-OH is 4. The number of esters is 2. The van der Waals surface area contributed by atoms with Gasteiger partial charge in [0.05, 0.1) is 80.7 Å². The Hall–Kier alpha value is -8.08. The number of aryl methyl sites for hydroxylation is 3. The maximum absolute atomic E-state index is 14.4. The smallest absolute Gasteiger partial charge is 0.415 e. The first kappa shape index (κ1) is 64.4. The van der Waals surface area contributed by atoms with E-state index < -0.39 is 66.4 Å². The fourth-order valence-electron chi connectivity index (χ4n) is 12.7. The van der Waals surface area contributed by atoms with Crippen molar-refractivity contribution in [1.29, 1.82) is 0 Å². The monoisotopic (exact) mass is 1260 g/mol. The second-order valence-corrected chi connectivity index (χ2v) is 23.4. The van der Waals surface area contributed by atoms with Gasteiger partial charge in [0, 0.05) is 66.8 Å². The number of ether oxygens (including phenoxy) is 8. The Labute approximate surface area is 523 Å². The van der Waals surface area contributed by atoms with Gasteiger partial charge in [0.25, 0.3) is 5.56 Å². The van der Waals surface area contributed by atoms with Crippen LogP contribution in [0.5, 0.6) is 28.7 Å². The van der Waals surface area contributed by atoms with Gasteiger partial charge in [-0.15, -0.1) is 5.10 Å². The van der Waals surface area contributed by atoms with Crippen LogP contribution >= 0.6 is 0 Å². The summed E-state index contributed by atoms with van der Waals surface area (Å²) in [6.07, 6.45) is -0.629. The molecule has 26 heteroatoms. The maximum atomic E-state index is 14.4. The van der Waals surface area contributed by atoms with Crippen molar-refractivity contribution in [2.75, 3.05) is 65.8 Å². The standard InChI is InChI=1S/C65H77N7O19/c1-3-44-45-30-42(88-64(83)70-22-18-40(19-23-70)69-20-6-5-7-21-69)14-15-49(45)66-57-46(44)35-72-50(57)33-48-47(61(72)81)37-87-63(82)65(48,4-2)91-55(77)17-11-39-34-71(68-67-39)24-25-84-26-27-85-28-29-86-43-31-52(76)56(51(75)16-10-38-8-12-41(74)13-9-38)53(32-43)89-62-60(80)59(79)58(78)54(36-73)90-62/h8-9,12-15,30-34,40,54,58-60,62,73-74,76,78-80H,3-7,10-11,16-29,35-37H2,1-2H3/t54-,58-,59?,60-,62-,65+/m1/s1. The number of likely N-dealkylation sites (tertiary alicyclic amines) is 2. The van der Waals surface area contributed by atoms with Gasteiger partial charge in [0.1, 0.15) is 71.9 Å². The summed E-state index contributed by atoms with van der Waals surface area (Å²) in [6, 6.07) is 16.4. The second-order valence-electron chi connectivity index (χ2n) is 23.4. The topological polar surface area (TPSA) is 336 Å². The summed E-state index contributed by atoms with van der Waals surface area (Å²) in [5.41, 5.74) is 2.64. The summed E-state index contributed by atoms with van der Waals surface area (Å²) in [6.45, 7) is 7.44. The van der Waals surface area contributed by atoms with E-state index in [1.54, 1.807) is 51.5 Å². The van der Waals surface area contributed by atoms with Gasteiger partial charge in [0.15, 0.2) is 5.78 Å². The third kappa shape index (κ3) is 14.1. The van der Waals surface area contributed by atoms with Gasteiger partial charge in [-0.25, -0.2) is 19.3 Å². The molecule has 3 saturated heterocycles. The molecule has 0 radical (unpaired) electrons. The normalized spacial score (nSPS) is 21.6. The zero-order chi connectivity index (χ0) is 63.9. The van der Waals surface area contributed by atoms with E-state index in [0.717, 1.165) is 48.0 Å². The number of Topliss-reactive ketones (excluding diaryl/α,β-unsaturated/α-hetero) is 1. The lowest BCUT2D eigenvalue weighted by molar-refractivity contribution is -0.277. The van der Waals surface area contributed by atoms with Crippen molar-refractivity contribution in [1.82, 2.24) is 34.3 Å². The minimum absolute atomic E-state index is 0.00954. The Morgan fingerprint density at radius 1 is 0.802 bits per heavy atom. The number of phenolic OH excluding ortho intramolecular Hbond substituents is 2. The Kier molecular flexibility index (Phi) is 20.3. The number of hydrogen-bond acceptors (Lipinski definition) is 23. The van der Waals surface area contributed by atoms with Gasteiger partial charge in [-0.1, -0.05) is 37.6 Å². The van der Waals surface area contributed by atoms with Gasteiger partial charge in [-0.2, -0.15) is 0 Å². The molecule has 6 aromatic rings. The maximum Gasteiger partial charge on any atom is 0.415 e. The van der Waals surface area contributed by atoms with Crippen molar-refractivity contribution in [3.63, 3.8) is 0 Å². The largest absolute Gasteiger partial charge is 0.508 e. The number of aromatic nitrogens is 5. The molecule has 6 atom stereocenters. The predicted molar refractivity (Wildman–Crippen MR) is 323 cm³/mol. The molecule has 486 valence electrons. The number of hydrogen-bond donors (Lipinski definition) is 6. The molecule has 3 aromatic heterocycles. The Balaban J connectivity index is 0.649. The number of pyridine rings is 2. The number of nitrogens with zero attached hydrogens (tertiary/aromatic N) is 7. The van der Waals surface area contributed by atoms with Crippen molar-refractivity contribution in [3.8, 4) is 40.1 Å². The van der Waals surface area contributed by atoms with Crippen LogP contribution in [0, 0.1) is 0 Å². The summed E-state index contributed by atoms with van der Waals surface area (Å²) in [7, 11) is 0. The molecule has 26 nitrogen and oxygen atoms in total. The minimum atomic E-state index is -1.90.